The van der Waals surface area contributed by atoms with E-state index in [1.54, 1.807) is 6.20 Å². The maximum Gasteiger partial charge on any atom is 0.326 e. The van der Waals surface area contributed by atoms with Gasteiger partial charge in [0.15, 0.2) is 0 Å². The molecule has 1 amide bonds. The third kappa shape index (κ3) is 4.59. The molecule has 136 valence electrons. The lowest BCUT2D eigenvalue weighted by atomic mass is 10.0. The standard InChI is InChI=1S/C20H22N2O4/c23-19(22-12-4-2-6-18(22)20(24)25)13-15-7-9-17(10-8-15)26-14-16-5-1-3-11-21-16/h1,3,5,7-11,18H,2,4,6,12-14H2,(H,24,25). The van der Waals surface area contributed by atoms with Gasteiger partial charge in [0.25, 0.3) is 0 Å². The monoisotopic (exact) mass is 354 g/mol. The van der Waals surface area contributed by atoms with E-state index in [1.807, 2.05) is 42.5 Å². The summed E-state index contributed by atoms with van der Waals surface area (Å²) in [6.45, 7) is 0.897. The molecule has 1 aromatic heterocycles. The van der Waals surface area contributed by atoms with Crippen LogP contribution in [-0.2, 0) is 22.6 Å². The average molecular weight is 354 g/mol. The first-order chi connectivity index (χ1) is 12.6. The fraction of sp³-hybridized carbons (Fsp3) is 0.350. The van der Waals surface area contributed by atoms with Gasteiger partial charge in [0.1, 0.15) is 18.4 Å². The normalized spacial score (nSPS) is 16.9. The van der Waals surface area contributed by atoms with E-state index in [0.29, 0.717) is 25.3 Å². The van der Waals surface area contributed by atoms with Crippen LogP contribution < -0.4 is 4.74 Å². The molecule has 6 heteroatoms. The Hall–Kier alpha value is -2.89. The lowest BCUT2D eigenvalue weighted by Crippen LogP contribution is -2.48. The number of carbonyl (C=O) groups excluding carboxylic acids is 1. The molecule has 2 heterocycles. The first kappa shape index (κ1) is 17.9. The molecule has 6 nitrogen and oxygen atoms in total. The minimum atomic E-state index is -0.920. The predicted octanol–water partition coefficient (Wildman–Crippen LogP) is 2.67. The van der Waals surface area contributed by atoms with Crippen LogP contribution in [0.2, 0.25) is 0 Å². The first-order valence-corrected chi connectivity index (χ1v) is 8.77. The molecule has 1 fully saturated rings. The molecule has 0 saturated carbocycles. The zero-order valence-electron chi connectivity index (χ0n) is 14.5. The maximum atomic E-state index is 12.5. The van der Waals surface area contributed by atoms with Gasteiger partial charge in [0.2, 0.25) is 5.91 Å². The van der Waals surface area contributed by atoms with E-state index in [0.717, 1.165) is 24.1 Å². The molecule has 2 aromatic rings. The van der Waals surface area contributed by atoms with Crippen LogP contribution in [0.5, 0.6) is 5.75 Å². The number of likely N-dealkylation sites (tertiary alicyclic amines) is 1. The van der Waals surface area contributed by atoms with Gasteiger partial charge in [-0.1, -0.05) is 18.2 Å². The number of piperidine rings is 1. The van der Waals surface area contributed by atoms with E-state index in [1.165, 1.54) is 4.90 Å². The van der Waals surface area contributed by atoms with Gasteiger partial charge in [-0.3, -0.25) is 9.78 Å². The van der Waals surface area contributed by atoms with Crippen molar-refractivity contribution in [1.82, 2.24) is 9.88 Å². The summed E-state index contributed by atoms with van der Waals surface area (Å²) >= 11 is 0. The largest absolute Gasteiger partial charge is 0.487 e. The summed E-state index contributed by atoms with van der Waals surface area (Å²) in [5, 5.41) is 9.30. The van der Waals surface area contributed by atoms with Gasteiger partial charge in [-0.05, 0) is 49.1 Å². The van der Waals surface area contributed by atoms with Crippen molar-refractivity contribution in [3.63, 3.8) is 0 Å². The van der Waals surface area contributed by atoms with Gasteiger partial charge < -0.3 is 14.7 Å². The zero-order chi connectivity index (χ0) is 18.4. The minimum absolute atomic E-state index is 0.140. The number of aromatic nitrogens is 1. The van der Waals surface area contributed by atoms with Crippen molar-refractivity contribution in [3.05, 3.63) is 59.9 Å². The third-order valence-electron chi connectivity index (χ3n) is 4.50. The fourth-order valence-electron chi connectivity index (χ4n) is 3.11. The molecular weight excluding hydrogens is 332 g/mol. The van der Waals surface area contributed by atoms with Crippen LogP contribution in [-0.4, -0.2) is 39.5 Å². The number of hydrogen-bond donors (Lipinski definition) is 1. The van der Waals surface area contributed by atoms with Crippen molar-refractivity contribution in [2.24, 2.45) is 0 Å². The molecule has 1 aliphatic heterocycles. The molecule has 1 saturated heterocycles. The van der Waals surface area contributed by atoms with Crippen molar-refractivity contribution in [1.29, 1.82) is 0 Å². The molecule has 3 rings (SSSR count). The average Bonchev–Trinajstić information content (AvgIpc) is 2.68. The minimum Gasteiger partial charge on any atom is -0.487 e. The Labute approximate surface area is 152 Å². The van der Waals surface area contributed by atoms with Crippen LogP contribution in [0.3, 0.4) is 0 Å². The topological polar surface area (TPSA) is 79.7 Å². The third-order valence-corrected chi connectivity index (χ3v) is 4.50. The lowest BCUT2D eigenvalue weighted by molar-refractivity contribution is -0.151. The molecule has 1 N–H and O–H groups in total. The quantitative estimate of drug-likeness (QED) is 0.863. The number of aliphatic carboxylic acids is 1. The van der Waals surface area contributed by atoms with Gasteiger partial charge in [0, 0.05) is 12.7 Å². The Morgan fingerprint density at radius 2 is 1.96 bits per heavy atom. The van der Waals surface area contributed by atoms with E-state index in [-0.39, 0.29) is 12.3 Å². The van der Waals surface area contributed by atoms with Crippen molar-refractivity contribution >= 4 is 11.9 Å². The molecule has 1 atom stereocenters. The number of hydrogen-bond acceptors (Lipinski definition) is 4. The Morgan fingerprint density at radius 3 is 2.65 bits per heavy atom. The van der Waals surface area contributed by atoms with Crippen molar-refractivity contribution < 1.29 is 19.4 Å². The number of carboxylic acids is 1. The number of carbonyl (C=O) groups is 2. The van der Waals surface area contributed by atoms with Gasteiger partial charge in [-0.25, -0.2) is 4.79 Å². The number of benzene rings is 1. The number of ether oxygens (including phenoxy) is 1. The molecule has 0 bridgehead atoms. The van der Waals surface area contributed by atoms with E-state index < -0.39 is 12.0 Å². The molecule has 1 aliphatic rings. The summed E-state index contributed by atoms with van der Waals surface area (Å²) in [6, 6.07) is 12.3. The Bertz CT molecular complexity index is 746. The second-order valence-electron chi connectivity index (χ2n) is 6.37. The molecule has 26 heavy (non-hydrogen) atoms. The second kappa shape index (κ2) is 8.47. The summed E-state index contributed by atoms with van der Waals surface area (Å²) in [6.07, 6.45) is 4.16. The number of pyridine rings is 1. The van der Waals surface area contributed by atoms with Crippen LogP contribution in [0, 0.1) is 0 Å². The Morgan fingerprint density at radius 1 is 1.15 bits per heavy atom. The van der Waals surface area contributed by atoms with Crippen LogP contribution in [0.25, 0.3) is 0 Å². The van der Waals surface area contributed by atoms with Gasteiger partial charge in [0.05, 0.1) is 12.1 Å². The van der Waals surface area contributed by atoms with Crippen LogP contribution in [0.15, 0.2) is 48.7 Å². The highest BCUT2D eigenvalue weighted by molar-refractivity contribution is 5.85. The highest BCUT2D eigenvalue weighted by Crippen LogP contribution is 2.20. The molecule has 0 aliphatic carbocycles. The molecular formula is C20H22N2O4. The summed E-state index contributed by atoms with van der Waals surface area (Å²) in [5.41, 5.74) is 1.69. The highest BCUT2D eigenvalue weighted by Gasteiger charge is 2.31. The van der Waals surface area contributed by atoms with Gasteiger partial charge >= 0.3 is 5.97 Å². The van der Waals surface area contributed by atoms with Crippen LogP contribution in [0.1, 0.15) is 30.5 Å². The van der Waals surface area contributed by atoms with Crippen molar-refractivity contribution in [2.45, 2.75) is 38.3 Å². The van der Waals surface area contributed by atoms with Crippen molar-refractivity contribution in [2.75, 3.05) is 6.54 Å². The lowest BCUT2D eigenvalue weighted by Gasteiger charge is -2.33. The highest BCUT2D eigenvalue weighted by atomic mass is 16.5. The fourth-order valence-corrected chi connectivity index (χ4v) is 3.11. The predicted molar refractivity (Wildman–Crippen MR) is 95.7 cm³/mol. The summed E-state index contributed by atoms with van der Waals surface area (Å²) in [4.78, 5) is 29.5. The molecule has 0 spiro atoms. The molecule has 0 radical (unpaired) electrons. The van der Waals surface area contributed by atoms with Gasteiger partial charge in [-0.2, -0.15) is 0 Å². The number of amides is 1. The van der Waals surface area contributed by atoms with Crippen LogP contribution >= 0.6 is 0 Å². The number of rotatable bonds is 6. The van der Waals surface area contributed by atoms with Crippen LogP contribution in [0.4, 0.5) is 0 Å². The maximum absolute atomic E-state index is 12.5. The Kier molecular flexibility index (Phi) is 5.84. The number of nitrogens with zero attached hydrogens (tertiary/aromatic N) is 2. The van der Waals surface area contributed by atoms with E-state index in [4.69, 9.17) is 4.74 Å². The smallest absolute Gasteiger partial charge is 0.326 e. The molecule has 1 unspecified atom stereocenters. The number of carboxylic acid groups (broad SMARTS) is 1. The first-order valence-electron chi connectivity index (χ1n) is 8.77. The van der Waals surface area contributed by atoms with E-state index in [9.17, 15) is 14.7 Å². The summed E-state index contributed by atoms with van der Waals surface area (Å²) in [5.74, 6) is -0.358. The van der Waals surface area contributed by atoms with E-state index >= 15 is 0 Å². The van der Waals surface area contributed by atoms with Gasteiger partial charge in [-0.15, -0.1) is 0 Å². The summed E-state index contributed by atoms with van der Waals surface area (Å²) in [7, 11) is 0. The summed E-state index contributed by atoms with van der Waals surface area (Å²) < 4.78 is 5.68. The van der Waals surface area contributed by atoms with Crippen molar-refractivity contribution in [3.8, 4) is 5.75 Å². The Balaban J connectivity index is 1.56. The SMILES string of the molecule is O=C(O)C1CCCCN1C(=O)Cc1ccc(OCc2ccccn2)cc1. The van der Waals surface area contributed by atoms with E-state index in [2.05, 4.69) is 4.98 Å². The molecule has 1 aromatic carbocycles. The second-order valence-corrected chi connectivity index (χ2v) is 6.37. The zero-order valence-corrected chi connectivity index (χ0v) is 14.5.